The summed E-state index contributed by atoms with van der Waals surface area (Å²) < 4.78 is 4.93. The number of alkyl carbamates (subject to hydrolysis) is 1. The Bertz CT molecular complexity index is 346. The molecule has 104 valence electrons. The number of nitrogens with one attached hydrogen (secondary N) is 1. The van der Waals surface area contributed by atoms with Crippen molar-refractivity contribution in [2.45, 2.75) is 51.7 Å². The van der Waals surface area contributed by atoms with E-state index in [1.54, 1.807) is 20.8 Å². The van der Waals surface area contributed by atoms with Gasteiger partial charge in [-0.1, -0.05) is 0 Å². The molecule has 0 aromatic carbocycles. The highest BCUT2D eigenvalue weighted by atomic mass is 16.6. The highest BCUT2D eigenvalue weighted by molar-refractivity contribution is 5.84. The zero-order valence-corrected chi connectivity index (χ0v) is 10.9. The van der Waals surface area contributed by atoms with Crippen molar-refractivity contribution in [1.82, 2.24) is 5.32 Å². The van der Waals surface area contributed by atoms with Crippen LogP contribution in [0.4, 0.5) is 4.79 Å². The number of carbonyl (C=O) groups excluding carboxylic acids is 1. The van der Waals surface area contributed by atoms with Crippen molar-refractivity contribution in [3.05, 3.63) is 0 Å². The van der Waals surface area contributed by atoms with Gasteiger partial charge in [-0.3, -0.25) is 4.79 Å². The summed E-state index contributed by atoms with van der Waals surface area (Å²) in [4.78, 5) is 33.0. The van der Waals surface area contributed by atoms with E-state index in [2.05, 4.69) is 5.32 Å². The molecule has 0 unspecified atom stereocenters. The first-order chi connectivity index (χ1) is 7.96. The van der Waals surface area contributed by atoms with E-state index < -0.39 is 29.2 Å². The third-order valence-corrected chi connectivity index (χ3v) is 2.09. The quantitative estimate of drug-likeness (QED) is 0.685. The normalized spacial score (nSPS) is 14.4. The van der Waals surface area contributed by atoms with Gasteiger partial charge in [0.1, 0.15) is 11.1 Å². The second kappa shape index (κ2) is 5.70. The van der Waals surface area contributed by atoms with E-state index in [1.165, 1.54) is 6.92 Å². The maximum Gasteiger partial charge on any atom is 0.408 e. The summed E-state index contributed by atoms with van der Waals surface area (Å²) in [5, 5.41) is 19.8. The second-order valence-corrected chi connectivity index (χ2v) is 5.16. The maximum absolute atomic E-state index is 11.5. The predicted molar refractivity (Wildman–Crippen MR) is 62.3 cm³/mol. The van der Waals surface area contributed by atoms with Crippen molar-refractivity contribution in [1.29, 1.82) is 0 Å². The van der Waals surface area contributed by atoms with Crippen LogP contribution in [-0.4, -0.2) is 39.4 Å². The zero-order chi connectivity index (χ0) is 14.6. The van der Waals surface area contributed by atoms with Crippen LogP contribution in [0.1, 0.15) is 40.5 Å². The monoisotopic (exact) mass is 261 g/mol. The van der Waals surface area contributed by atoms with Gasteiger partial charge >= 0.3 is 18.0 Å². The molecule has 0 heterocycles. The number of ether oxygens (including phenoxy) is 1. The summed E-state index contributed by atoms with van der Waals surface area (Å²) in [6.45, 7) is 6.16. The minimum absolute atomic E-state index is 0.225. The van der Waals surface area contributed by atoms with E-state index in [9.17, 15) is 14.4 Å². The average Bonchev–Trinajstić information content (AvgIpc) is 2.11. The van der Waals surface area contributed by atoms with Crippen LogP contribution in [0.25, 0.3) is 0 Å². The number of carbonyl (C=O) groups is 3. The molecule has 0 aromatic rings. The summed E-state index contributed by atoms with van der Waals surface area (Å²) in [6, 6.07) is 0. The highest BCUT2D eigenvalue weighted by Gasteiger charge is 2.36. The Kier molecular flexibility index (Phi) is 5.13. The van der Waals surface area contributed by atoms with E-state index >= 15 is 0 Å². The number of hydrogen-bond acceptors (Lipinski definition) is 4. The van der Waals surface area contributed by atoms with Gasteiger partial charge in [-0.05, 0) is 34.1 Å². The molecule has 0 rings (SSSR count). The summed E-state index contributed by atoms with van der Waals surface area (Å²) in [7, 11) is 0. The first-order valence-electron chi connectivity index (χ1n) is 5.42. The van der Waals surface area contributed by atoms with E-state index in [0.717, 1.165) is 0 Å². The van der Waals surface area contributed by atoms with Gasteiger partial charge in [-0.15, -0.1) is 0 Å². The number of rotatable bonds is 5. The summed E-state index contributed by atoms with van der Waals surface area (Å²) in [5.74, 6) is -2.44. The maximum atomic E-state index is 11.5. The molecular formula is C11H19NO6. The molecule has 0 bridgehead atoms. The van der Waals surface area contributed by atoms with Crippen molar-refractivity contribution in [2.75, 3.05) is 0 Å². The van der Waals surface area contributed by atoms with Crippen molar-refractivity contribution in [3.63, 3.8) is 0 Å². The second-order valence-electron chi connectivity index (χ2n) is 5.16. The standard InChI is InChI=1S/C11H19NO6/c1-10(2,3)18-9(17)12-11(4,8(15)16)6-5-7(13)14/h5-6H2,1-4H3,(H,12,17)(H,13,14)(H,15,16)/t11-/m1/s1. The first-order valence-corrected chi connectivity index (χ1v) is 5.42. The molecule has 0 aliphatic carbocycles. The molecule has 0 saturated carbocycles. The summed E-state index contributed by atoms with van der Waals surface area (Å²) in [5.41, 5.74) is -2.42. The summed E-state index contributed by atoms with van der Waals surface area (Å²) >= 11 is 0. The topological polar surface area (TPSA) is 113 Å². The van der Waals surface area contributed by atoms with Crippen LogP contribution in [0.2, 0.25) is 0 Å². The lowest BCUT2D eigenvalue weighted by atomic mass is 9.96. The molecule has 18 heavy (non-hydrogen) atoms. The average molecular weight is 261 g/mol. The Morgan fingerprint density at radius 3 is 1.94 bits per heavy atom. The predicted octanol–water partition coefficient (Wildman–Crippen LogP) is 1.22. The van der Waals surface area contributed by atoms with Crippen molar-refractivity contribution in [3.8, 4) is 0 Å². The van der Waals surface area contributed by atoms with Crippen LogP contribution in [0.3, 0.4) is 0 Å². The molecule has 7 nitrogen and oxygen atoms in total. The molecule has 7 heteroatoms. The number of hydrogen-bond donors (Lipinski definition) is 3. The largest absolute Gasteiger partial charge is 0.481 e. The zero-order valence-electron chi connectivity index (χ0n) is 10.9. The Labute approximate surface area is 105 Å². The van der Waals surface area contributed by atoms with Crippen LogP contribution in [-0.2, 0) is 14.3 Å². The lowest BCUT2D eigenvalue weighted by Gasteiger charge is -2.28. The van der Waals surface area contributed by atoms with Gasteiger partial charge in [-0.2, -0.15) is 0 Å². The van der Waals surface area contributed by atoms with Crippen LogP contribution in [0.15, 0.2) is 0 Å². The fraction of sp³-hybridized carbons (Fsp3) is 0.727. The molecule has 0 saturated heterocycles. The highest BCUT2D eigenvalue weighted by Crippen LogP contribution is 2.15. The molecular weight excluding hydrogens is 242 g/mol. The van der Waals surface area contributed by atoms with Gasteiger partial charge in [0.25, 0.3) is 0 Å². The molecule has 0 fully saturated rings. The fourth-order valence-electron chi connectivity index (χ4n) is 1.11. The van der Waals surface area contributed by atoms with Crippen molar-refractivity contribution >= 4 is 18.0 Å². The first kappa shape index (κ1) is 16.2. The van der Waals surface area contributed by atoms with Crippen LogP contribution < -0.4 is 5.32 Å². The van der Waals surface area contributed by atoms with Gasteiger partial charge in [0.05, 0.1) is 0 Å². The SMILES string of the molecule is CC(C)(C)OC(=O)N[C@](C)(CCC(=O)O)C(=O)O. The summed E-state index contributed by atoms with van der Waals surface area (Å²) in [6.07, 6.45) is -1.48. The Morgan fingerprint density at radius 2 is 1.61 bits per heavy atom. The molecule has 0 radical (unpaired) electrons. The number of carboxylic acids is 2. The van der Waals surface area contributed by atoms with Crippen molar-refractivity contribution in [2.24, 2.45) is 0 Å². The van der Waals surface area contributed by atoms with E-state index in [1.807, 2.05) is 0 Å². The Hall–Kier alpha value is -1.79. The van der Waals surface area contributed by atoms with Gasteiger partial charge in [0.15, 0.2) is 0 Å². The molecule has 0 aliphatic rings. The van der Waals surface area contributed by atoms with Crippen LogP contribution in [0.5, 0.6) is 0 Å². The minimum atomic E-state index is -1.67. The van der Waals surface area contributed by atoms with E-state index in [0.29, 0.717) is 0 Å². The molecule has 3 N–H and O–H groups in total. The third-order valence-electron chi connectivity index (χ3n) is 2.09. The van der Waals surface area contributed by atoms with Gasteiger partial charge < -0.3 is 20.3 Å². The molecule has 1 atom stereocenters. The fourth-order valence-corrected chi connectivity index (χ4v) is 1.11. The Morgan fingerprint density at radius 1 is 1.11 bits per heavy atom. The number of carboxylic acid groups (broad SMARTS) is 2. The van der Waals surface area contributed by atoms with Crippen molar-refractivity contribution < 1.29 is 29.3 Å². The molecule has 1 amide bonds. The van der Waals surface area contributed by atoms with E-state index in [4.69, 9.17) is 14.9 Å². The molecule has 0 spiro atoms. The van der Waals surface area contributed by atoms with Crippen LogP contribution >= 0.6 is 0 Å². The lowest BCUT2D eigenvalue weighted by molar-refractivity contribution is -0.145. The Balaban J connectivity index is 4.66. The van der Waals surface area contributed by atoms with E-state index in [-0.39, 0.29) is 12.8 Å². The third kappa shape index (κ3) is 6.07. The molecule has 0 aliphatic heterocycles. The number of aliphatic carboxylic acids is 2. The number of amides is 1. The lowest BCUT2D eigenvalue weighted by Crippen LogP contribution is -2.53. The smallest absolute Gasteiger partial charge is 0.408 e. The van der Waals surface area contributed by atoms with Crippen LogP contribution in [0, 0.1) is 0 Å². The van der Waals surface area contributed by atoms with Gasteiger partial charge in [-0.25, -0.2) is 9.59 Å². The minimum Gasteiger partial charge on any atom is -0.481 e. The van der Waals surface area contributed by atoms with Gasteiger partial charge in [0.2, 0.25) is 0 Å². The van der Waals surface area contributed by atoms with Gasteiger partial charge in [0, 0.05) is 6.42 Å². The molecule has 0 aromatic heterocycles.